The Balaban J connectivity index is 1.76. The number of nitrogens with zero attached hydrogens (tertiary/aromatic N) is 3. The van der Waals surface area contributed by atoms with Gasteiger partial charge in [0.15, 0.2) is 5.82 Å². The molecule has 0 aliphatic carbocycles. The van der Waals surface area contributed by atoms with Crippen LogP contribution in [0.25, 0.3) is 0 Å². The molecular formula is C12H12N4OS2. The first kappa shape index (κ1) is 12.5. The van der Waals surface area contributed by atoms with Crippen molar-refractivity contribution in [1.82, 2.24) is 15.1 Å². The summed E-state index contributed by atoms with van der Waals surface area (Å²) in [7, 11) is 0. The average molecular weight is 292 g/mol. The summed E-state index contributed by atoms with van der Waals surface area (Å²) in [5.41, 5.74) is 7.03. The maximum atomic E-state index is 6.07. The molecule has 0 saturated heterocycles. The van der Waals surface area contributed by atoms with Crippen LogP contribution in [0.2, 0.25) is 0 Å². The van der Waals surface area contributed by atoms with E-state index in [9.17, 15) is 0 Å². The molecule has 1 atom stereocenters. The molecule has 3 aromatic rings. The normalized spacial score (nSPS) is 12.7. The van der Waals surface area contributed by atoms with Crippen LogP contribution in [0.4, 0.5) is 0 Å². The minimum Gasteiger partial charge on any atom is -0.337 e. The second-order valence-electron chi connectivity index (χ2n) is 4.08. The summed E-state index contributed by atoms with van der Waals surface area (Å²) < 4.78 is 5.23. The van der Waals surface area contributed by atoms with Gasteiger partial charge < -0.3 is 10.3 Å². The average Bonchev–Trinajstić information content (AvgIpc) is 3.10. The number of aryl methyl sites for hydroxylation is 1. The smallest absolute Gasteiger partial charge is 0.248 e. The third-order valence-corrected chi connectivity index (χ3v) is 4.38. The zero-order valence-corrected chi connectivity index (χ0v) is 11.9. The molecule has 0 saturated carbocycles. The van der Waals surface area contributed by atoms with Crippen molar-refractivity contribution in [2.75, 3.05) is 0 Å². The van der Waals surface area contributed by atoms with Crippen molar-refractivity contribution in [2.45, 2.75) is 19.4 Å². The standard InChI is InChI=1S/C12H12N4OS2/c1-7-14-8(6-19-7)5-10-15-12(17-16-10)11(13)9-3-2-4-18-9/h2-4,6,11H,5,13H2,1H3. The van der Waals surface area contributed by atoms with Crippen molar-refractivity contribution in [3.05, 3.63) is 50.2 Å². The SMILES string of the molecule is Cc1nc(Cc2noc(C(N)c3cccs3)n2)cs1. The first-order chi connectivity index (χ1) is 9.22. The van der Waals surface area contributed by atoms with Crippen molar-refractivity contribution in [3.8, 4) is 0 Å². The molecule has 0 amide bonds. The van der Waals surface area contributed by atoms with Crippen LogP contribution < -0.4 is 5.73 Å². The Labute approximate surface area is 118 Å². The van der Waals surface area contributed by atoms with Gasteiger partial charge in [0.05, 0.1) is 17.1 Å². The van der Waals surface area contributed by atoms with E-state index < -0.39 is 0 Å². The number of thiazole rings is 1. The minimum atomic E-state index is -0.349. The summed E-state index contributed by atoms with van der Waals surface area (Å²) in [6.45, 7) is 1.97. The fourth-order valence-electron chi connectivity index (χ4n) is 1.71. The zero-order chi connectivity index (χ0) is 13.2. The van der Waals surface area contributed by atoms with E-state index in [1.807, 2.05) is 29.8 Å². The first-order valence-electron chi connectivity index (χ1n) is 5.75. The number of thiophene rings is 1. The van der Waals surface area contributed by atoms with Crippen molar-refractivity contribution < 1.29 is 4.52 Å². The largest absolute Gasteiger partial charge is 0.337 e. The van der Waals surface area contributed by atoms with Crippen LogP contribution in [0.1, 0.15) is 33.3 Å². The van der Waals surface area contributed by atoms with Gasteiger partial charge in [-0.05, 0) is 18.4 Å². The molecule has 1 unspecified atom stereocenters. The molecule has 98 valence electrons. The molecule has 19 heavy (non-hydrogen) atoms. The van der Waals surface area contributed by atoms with Gasteiger partial charge in [-0.2, -0.15) is 4.98 Å². The second kappa shape index (κ2) is 5.20. The first-order valence-corrected chi connectivity index (χ1v) is 7.51. The molecule has 7 heteroatoms. The Morgan fingerprint density at radius 3 is 2.95 bits per heavy atom. The summed E-state index contributed by atoms with van der Waals surface area (Å²) in [6.07, 6.45) is 0.574. The van der Waals surface area contributed by atoms with Crippen LogP contribution >= 0.6 is 22.7 Å². The highest BCUT2D eigenvalue weighted by Gasteiger charge is 2.18. The Hall–Kier alpha value is -1.57. The molecule has 5 nitrogen and oxygen atoms in total. The highest BCUT2D eigenvalue weighted by atomic mass is 32.1. The molecule has 0 aromatic carbocycles. The fraction of sp³-hybridized carbons (Fsp3) is 0.250. The number of hydrogen-bond donors (Lipinski definition) is 1. The lowest BCUT2D eigenvalue weighted by atomic mass is 10.2. The van der Waals surface area contributed by atoms with Gasteiger partial charge >= 0.3 is 0 Å². The predicted molar refractivity (Wildman–Crippen MR) is 74.3 cm³/mol. The third kappa shape index (κ3) is 2.73. The number of aromatic nitrogens is 3. The van der Waals surface area contributed by atoms with Gasteiger partial charge in [0.1, 0.15) is 6.04 Å². The van der Waals surface area contributed by atoms with Gasteiger partial charge in [0, 0.05) is 10.3 Å². The zero-order valence-electron chi connectivity index (χ0n) is 10.2. The lowest BCUT2D eigenvalue weighted by Crippen LogP contribution is -2.10. The van der Waals surface area contributed by atoms with Crippen molar-refractivity contribution >= 4 is 22.7 Å². The molecule has 3 rings (SSSR count). The van der Waals surface area contributed by atoms with Crippen LogP contribution in [0.3, 0.4) is 0 Å². The molecule has 0 radical (unpaired) electrons. The van der Waals surface area contributed by atoms with Crippen LogP contribution in [0, 0.1) is 6.92 Å². The summed E-state index contributed by atoms with van der Waals surface area (Å²) >= 11 is 3.19. The molecule has 3 heterocycles. The van der Waals surface area contributed by atoms with E-state index in [2.05, 4.69) is 15.1 Å². The van der Waals surface area contributed by atoms with Crippen molar-refractivity contribution in [3.63, 3.8) is 0 Å². The fourth-order valence-corrected chi connectivity index (χ4v) is 3.04. The maximum Gasteiger partial charge on any atom is 0.248 e. The van der Waals surface area contributed by atoms with Gasteiger partial charge in [-0.1, -0.05) is 11.2 Å². The van der Waals surface area contributed by atoms with E-state index in [0.29, 0.717) is 18.1 Å². The Morgan fingerprint density at radius 2 is 2.26 bits per heavy atom. The quantitative estimate of drug-likeness (QED) is 0.799. The van der Waals surface area contributed by atoms with Gasteiger partial charge in [0.2, 0.25) is 5.89 Å². The van der Waals surface area contributed by atoms with Crippen molar-refractivity contribution in [2.24, 2.45) is 5.73 Å². The molecule has 2 N–H and O–H groups in total. The lowest BCUT2D eigenvalue weighted by Gasteiger charge is -2.01. The minimum absolute atomic E-state index is 0.349. The van der Waals surface area contributed by atoms with Crippen molar-refractivity contribution in [1.29, 1.82) is 0 Å². The van der Waals surface area contributed by atoms with Gasteiger partial charge in [-0.3, -0.25) is 0 Å². The molecule has 0 bridgehead atoms. The molecule has 0 aliphatic heterocycles. The van der Waals surface area contributed by atoms with Gasteiger partial charge in [-0.15, -0.1) is 22.7 Å². The molecule has 0 aliphatic rings. The Kier molecular flexibility index (Phi) is 3.41. The number of hydrogen-bond acceptors (Lipinski definition) is 7. The van der Waals surface area contributed by atoms with Gasteiger partial charge in [0.25, 0.3) is 0 Å². The lowest BCUT2D eigenvalue weighted by molar-refractivity contribution is 0.364. The topological polar surface area (TPSA) is 77.8 Å². The van der Waals surface area contributed by atoms with Crippen LogP contribution in [0.5, 0.6) is 0 Å². The summed E-state index contributed by atoms with van der Waals surface area (Å²) in [5, 5.41) is 8.97. The molecule has 0 fully saturated rings. The monoisotopic (exact) mass is 292 g/mol. The maximum absolute atomic E-state index is 6.07. The van der Waals surface area contributed by atoms with Crippen LogP contribution in [-0.2, 0) is 6.42 Å². The Bertz CT molecular complexity index is 659. The van der Waals surface area contributed by atoms with E-state index in [1.165, 1.54) is 0 Å². The van der Waals surface area contributed by atoms with E-state index in [4.69, 9.17) is 10.3 Å². The number of nitrogens with two attached hydrogens (primary N) is 1. The van der Waals surface area contributed by atoms with Crippen LogP contribution in [0.15, 0.2) is 27.4 Å². The summed E-state index contributed by atoms with van der Waals surface area (Å²) in [6, 6.07) is 3.57. The predicted octanol–water partition coefficient (Wildman–Crippen LogP) is 2.53. The van der Waals surface area contributed by atoms with Crippen LogP contribution in [-0.4, -0.2) is 15.1 Å². The molecule has 0 spiro atoms. The second-order valence-corrected chi connectivity index (χ2v) is 6.12. The van der Waals surface area contributed by atoms with E-state index in [-0.39, 0.29) is 6.04 Å². The molecule has 3 aromatic heterocycles. The highest BCUT2D eigenvalue weighted by Crippen LogP contribution is 2.22. The van der Waals surface area contributed by atoms with E-state index >= 15 is 0 Å². The molecular weight excluding hydrogens is 280 g/mol. The highest BCUT2D eigenvalue weighted by molar-refractivity contribution is 7.10. The number of rotatable bonds is 4. The third-order valence-electron chi connectivity index (χ3n) is 2.61. The summed E-state index contributed by atoms with van der Waals surface area (Å²) in [4.78, 5) is 9.73. The van der Waals surface area contributed by atoms with E-state index in [1.54, 1.807) is 22.7 Å². The van der Waals surface area contributed by atoms with Gasteiger partial charge in [-0.25, -0.2) is 4.98 Å². The Morgan fingerprint density at radius 1 is 1.37 bits per heavy atom. The van der Waals surface area contributed by atoms with E-state index in [0.717, 1.165) is 15.6 Å². The summed E-state index contributed by atoms with van der Waals surface area (Å²) in [5.74, 6) is 1.07.